The highest BCUT2D eigenvalue weighted by Gasteiger charge is 2.45. The molecule has 1 aliphatic carbocycles. The molecule has 6 rings (SSSR count). The second-order valence-corrected chi connectivity index (χ2v) is 9.34. The van der Waals surface area contributed by atoms with Crippen molar-refractivity contribution in [1.29, 1.82) is 0 Å². The van der Waals surface area contributed by atoms with Crippen LogP contribution in [0.15, 0.2) is 29.1 Å². The van der Waals surface area contributed by atoms with Gasteiger partial charge in [0.05, 0.1) is 18.7 Å². The van der Waals surface area contributed by atoms with Gasteiger partial charge in [-0.1, -0.05) is 0 Å². The van der Waals surface area contributed by atoms with Crippen molar-refractivity contribution in [2.45, 2.75) is 31.8 Å². The standard InChI is InChI=1S/C22H25N5O3/c1-21(5-6-21)30-14-3-4-16-15(9-14)19(24-23-16)17-10-18(20(28)26(2)25-17)27-8-7-22(11-27)12-29-13-22/h3-4,9-10H,5-8,11-13H2,1-2H3,(H,23,24). The minimum absolute atomic E-state index is 0.0450. The summed E-state index contributed by atoms with van der Waals surface area (Å²) < 4.78 is 13.0. The Morgan fingerprint density at radius 2 is 2.03 bits per heavy atom. The summed E-state index contributed by atoms with van der Waals surface area (Å²) in [5.74, 6) is 0.835. The molecule has 2 aromatic heterocycles. The molecule has 0 amide bonds. The lowest BCUT2D eigenvalue weighted by Gasteiger charge is -2.37. The maximum absolute atomic E-state index is 12.9. The van der Waals surface area contributed by atoms with Crippen LogP contribution >= 0.6 is 0 Å². The van der Waals surface area contributed by atoms with Crippen molar-refractivity contribution in [3.05, 3.63) is 34.6 Å². The van der Waals surface area contributed by atoms with E-state index in [1.165, 1.54) is 4.68 Å². The van der Waals surface area contributed by atoms with Crippen LogP contribution in [-0.2, 0) is 11.8 Å². The van der Waals surface area contributed by atoms with Crippen LogP contribution in [0, 0.1) is 5.41 Å². The largest absolute Gasteiger partial charge is 0.488 e. The predicted octanol–water partition coefficient (Wildman–Crippen LogP) is 2.48. The van der Waals surface area contributed by atoms with E-state index in [-0.39, 0.29) is 16.6 Å². The Morgan fingerprint density at radius 3 is 2.73 bits per heavy atom. The zero-order valence-electron chi connectivity index (χ0n) is 17.3. The molecule has 4 heterocycles. The summed E-state index contributed by atoms with van der Waals surface area (Å²) in [5, 5.41) is 13.1. The molecule has 2 saturated heterocycles. The number of nitrogens with one attached hydrogen (secondary N) is 1. The molecular weight excluding hydrogens is 382 g/mol. The van der Waals surface area contributed by atoms with Crippen LogP contribution in [0.4, 0.5) is 5.69 Å². The number of rotatable bonds is 4. The molecule has 0 atom stereocenters. The van der Waals surface area contributed by atoms with Gasteiger partial charge in [0, 0.05) is 30.9 Å². The summed E-state index contributed by atoms with van der Waals surface area (Å²) in [6, 6.07) is 7.85. The fourth-order valence-electron chi connectivity index (χ4n) is 4.52. The normalized spacial score (nSPS) is 21.2. The Hall–Kier alpha value is -2.87. The van der Waals surface area contributed by atoms with E-state index in [0.29, 0.717) is 11.4 Å². The van der Waals surface area contributed by atoms with Crippen molar-refractivity contribution in [3.63, 3.8) is 0 Å². The molecule has 1 spiro atoms. The molecule has 2 aliphatic heterocycles. The number of fused-ring (bicyclic) bond motifs is 1. The van der Waals surface area contributed by atoms with Crippen LogP contribution in [0.1, 0.15) is 26.2 Å². The lowest BCUT2D eigenvalue weighted by atomic mass is 9.85. The number of ether oxygens (including phenoxy) is 2. The molecule has 0 bridgehead atoms. The van der Waals surface area contributed by atoms with Crippen LogP contribution in [0.2, 0.25) is 0 Å². The van der Waals surface area contributed by atoms with E-state index in [2.05, 4.69) is 27.1 Å². The lowest BCUT2D eigenvalue weighted by molar-refractivity contribution is -0.0985. The number of nitrogens with zero attached hydrogens (tertiary/aromatic N) is 4. The first-order valence-corrected chi connectivity index (χ1v) is 10.5. The first-order valence-electron chi connectivity index (χ1n) is 10.5. The van der Waals surface area contributed by atoms with Crippen LogP contribution in [0.25, 0.3) is 22.3 Å². The molecule has 1 aromatic carbocycles. The number of H-pyrrole nitrogens is 1. The van der Waals surface area contributed by atoms with Crippen molar-refractivity contribution >= 4 is 16.6 Å². The molecule has 0 unspecified atom stereocenters. The summed E-state index contributed by atoms with van der Waals surface area (Å²) >= 11 is 0. The third-order valence-electron chi connectivity index (χ3n) is 6.74. The quantitative estimate of drug-likeness (QED) is 0.715. The predicted molar refractivity (Wildman–Crippen MR) is 113 cm³/mol. The van der Waals surface area contributed by atoms with Crippen LogP contribution in [0.3, 0.4) is 0 Å². The van der Waals surface area contributed by atoms with Gasteiger partial charge < -0.3 is 14.4 Å². The van der Waals surface area contributed by atoms with Gasteiger partial charge in [0.25, 0.3) is 5.56 Å². The first kappa shape index (κ1) is 17.9. The number of aromatic amines is 1. The topological polar surface area (TPSA) is 85.3 Å². The Bertz CT molecular complexity index is 1210. The van der Waals surface area contributed by atoms with E-state index in [1.54, 1.807) is 7.05 Å². The molecular formula is C22H25N5O3. The van der Waals surface area contributed by atoms with Crippen molar-refractivity contribution in [2.75, 3.05) is 31.2 Å². The number of aryl methyl sites for hydroxylation is 1. The second kappa shape index (κ2) is 6.07. The highest BCUT2D eigenvalue weighted by atomic mass is 16.5. The number of hydrogen-bond donors (Lipinski definition) is 1. The van der Waals surface area contributed by atoms with Gasteiger partial charge in [0.1, 0.15) is 28.4 Å². The molecule has 3 aliphatic rings. The van der Waals surface area contributed by atoms with Gasteiger partial charge in [-0.2, -0.15) is 10.2 Å². The number of anilines is 1. The number of benzene rings is 1. The van der Waals surface area contributed by atoms with Gasteiger partial charge in [0.15, 0.2) is 0 Å². The smallest absolute Gasteiger partial charge is 0.290 e. The van der Waals surface area contributed by atoms with Crippen LogP contribution in [0.5, 0.6) is 5.75 Å². The SMILES string of the molecule is Cn1nc(-c2n[nH]c3ccc(OC4(C)CC4)cc23)cc(N2CCC3(COC3)C2)c1=O. The van der Waals surface area contributed by atoms with Gasteiger partial charge in [-0.25, -0.2) is 4.68 Å². The number of aromatic nitrogens is 4. The molecule has 1 saturated carbocycles. The summed E-state index contributed by atoms with van der Waals surface area (Å²) in [7, 11) is 1.70. The Balaban J connectivity index is 1.40. The molecule has 3 fully saturated rings. The van der Waals surface area contributed by atoms with E-state index >= 15 is 0 Å². The summed E-state index contributed by atoms with van der Waals surface area (Å²) in [6.45, 7) is 5.41. The fraction of sp³-hybridized carbons (Fsp3) is 0.500. The lowest BCUT2D eigenvalue weighted by Crippen LogP contribution is -2.45. The highest BCUT2D eigenvalue weighted by Crippen LogP contribution is 2.41. The maximum Gasteiger partial charge on any atom is 0.290 e. The monoisotopic (exact) mass is 407 g/mol. The molecule has 8 nitrogen and oxygen atoms in total. The van der Waals surface area contributed by atoms with E-state index in [0.717, 1.165) is 67.9 Å². The van der Waals surface area contributed by atoms with Crippen molar-refractivity contribution in [2.24, 2.45) is 12.5 Å². The third kappa shape index (κ3) is 2.81. The van der Waals surface area contributed by atoms with Gasteiger partial charge in [-0.15, -0.1) is 0 Å². The minimum atomic E-state index is -0.0819. The summed E-state index contributed by atoms with van der Waals surface area (Å²) in [4.78, 5) is 15.0. The second-order valence-electron chi connectivity index (χ2n) is 9.34. The zero-order valence-corrected chi connectivity index (χ0v) is 17.3. The Morgan fingerprint density at radius 1 is 1.20 bits per heavy atom. The van der Waals surface area contributed by atoms with E-state index < -0.39 is 0 Å². The number of hydrogen-bond acceptors (Lipinski definition) is 6. The molecule has 3 aromatic rings. The van der Waals surface area contributed by atoms with Crippen molar-refractivity contribution in [1.82, 2.24) is 20.0 Å². The molecule has 1 N–H and O–H groups in total. The van der Waals surface area contributed by atoms with Gasteiger partial charge >= 0.3 is 0 Å². The molecule has 0 radical (unpaired) electrons. The summed E-state index contributed by atoms with van der Waals surface area (Å²) in [5.41, 5.74) is 3.09. The van der Waals surface area contributed by atoms with Gasteiger partial charge in [0.2, 0.25) is 0 Å². The molecule has 8 heteroatoms. The maximum atomic E-state index is 12.9. The minimum Gasteiger partial charge on any atom is -0.488 e. The zero-order chi connectivity index (χ0) is 20.5. The van der Waals surface area contributed by atoms with Gasteiger partial charge in [-0.05, 0) is 50.5 Å². The van der Waals surface area contributed by atoms with Crippen LogP contribution < -0.4 is 15.2 Å². The molecule has 156 valence electrons. The first-order chi connectivity index (χ1) is 14.4. The molecule has 30 heavy (non-hydrogen) atoms. The van der Waals surface area contributed by atoms with Gasteiger partial charge in [-0.3, -0.25) is 9.89 Å². The van der Waals surface area contributed by atoms with Crippen molar-refractivity contribution < 1.29 is 9.47 Å². The van der Waals surface area contributed by atoms with E-state index in [4.69, 9.17) is 9.47 Å². The fourth-order valence-corrected chi connectivity index (χ4v) is 4.52. The van der Waals surface area contributed by atoms with Crippen molar-refractivity contribution in [3.8, 4) is 17.1 Å². The summed E-state index contributed by atoms with van der Waals surface area (Å²) in [6.07, 6.45) is 3.22. The highest BCUT2D eigenvalue weighted by molar-refractivity contribution is 5.93. The van der Waals surface area contributed by atoms with E-state index in [9.17, 15) is 4.79 Å². The average Bonchev–Trinajstić information content (AvgIpc) is 3.11. The Kier molecular flexibility index (Phi) is 3.63. The van der Waals surface area contributed by atoms with E-state index in [1.807, 2.05) is 24.3 Å². The third-order valence-corrected chi connectivity index (χ3v) is 6.74. The Labute approximate surface area is 173 Å². The van der Waals surface area contributed by atoms with Crippen LogP contribution in [-0.4, -0.2) is 51.9 Å². The average molecular weight is 407 g/mol.